The van der Waals surface area contributed by atoms with Crippen LogP contribution in [0.3, 0.4) is 0 Å². The zero-order chi connectivity index (χ0) is 7.11. The molecule has 0 N–H and O–H groups in total. The molecule has 0 atom stereocenters. The normalized spacial score (nSPS) is 9.44. The number of allylic oxidation sites excluding steroid dienone is 1. The Morgan fingerprint density at radius 1 is 1.78 bits per heavy atom. The second-order valence-corrected chi connectivity index (χ2v) is 1.20. The average Bonchev–Trinajstić information content (AvgIpc) is 1.85. The molecule has 0 unspecified atom stereocenters. The molecule has 49 valence electrons. The second kappa shape index (κ2) is 5.03. The van der Waals surface area contributed by atoms with Crippen LogP contribution < -0.4 is 0 Å². The zero-order valence-corrected chi connectivity index (χ0v) is 5.09. The average molecular weight is 127 g/mol. The Hall–Kier alpha value is -1.12. The molecule has 0 aromatic heterocycles. The minimum atomic E-state index is -0.513. The summed E-state index contributed by atoms with van der Waals surface area (Å²) in [5.74, 6) is -0.513. The van der Waals surface area contributed by atoms with Gasteiger partial charge in [0.25, 0.3) is 0 Å². The van der Waals surface area contributed by atoms with Crippen molar-refractivity contribution < 1.29 is 14.3 Å². The fraction of sp³-hybridized carbons (Fsp3) is 0.333. The second-order valence-electron chi connectivity index (χ2n) is 1.20. The number of ether oxygens (including phenoxy) is 1. The molecular weight excluding hydrogens is 120 g/mol. The van der Waals surface area contributed by atoms with E-state index in [1.807, 2.05) is 0 Å². The van der Waals surface area contributed by atoms with Gasteiger partial charge in [-0.25, -0.2) is 4.79 Å². The lowest BCUT2D eigenvalue weighted by atomic mass is 10.5. The van der Waals surface area contributed by atoms with Gasteiger partial charge in [0.15, 0.2) is 0 Å². The summed E-state index contributed by atoms with van der Waals surface area (Å²) < 4.78 is 4.44. The maximum absolute atomic E-state index is 10.3. The molecule has 0 fully saturated rings. The summed E-state index contributed by atoms with van der Waals surface area (Å²) in [6.45, 7) is 2.01. The lowest BCUT2D eigenvalue weighted by Crippen LogP contribution is -1.98. The fourth-order valence-corrected chi connectivity index (χ4v) is 0.292. The minimum Gasteiger partial charge on any atom is -0.463 e. The van der Waals surface area contributed by atoms with E-state index in [0.717, 1.165) is 12.2 Å². The Kier molecular flexibility index (Phi) is 4.40. The van der Waals surface area contributed by atoms with Crippen LogP contribution in [0.5, 0.6) is 0 Å². The molecule has 3 heteroatoms. The monoisotopic (exact) mass is 127 g/mol. The fourth-order valence-electron chi connectivity index (χ4n) is 0.292. The van der Waals surface area contributed by atoms with Gasteiger partial charge in [-0.15, -0.1) is 0 Å². The van der Waals surface area contributed by atoms with Gasteiger partial charge in [-0.1, -0.05) is 0 Å². The third-order valence-electron chi connectivity index (χ3n) is 0.574. The van der Waals surface area contributed by atoms with E-state index >= 15 is 0 Å². The molecule has 0 amide bonds. The Morgan fingerprint density at radius 2 is 2.44 bits per heavy atom. The van der Waals surface area contributed by atoms with Gasteiger partial charge in [-0.3, -0.25) is 4.79 Å². The lowest BCUT2D eigenvalue weighted by molar-refractivity contribution is -0.137. The number of carbonyl (C=O) groups is 1. The molecule has 1 radical (unpaired) electrons. The van der Waals surface area contributed by atoms with E-state index in [1.54, 1.807) is 6.92 Å². The zero-order valence-electron chi connectivity index (χ0n) is 5.09. The third kappa shape index (κ3) is 4.74. The molecule has 0 heterocycles. The van der Waals surface area contributed by atoms with E-state index in [0.29, 0.717) is 6.61 Å². The highest BCUT2D eigenvalue weighted by Crippen LogP contribution is 1.77. The van der Waals surface area contributed by atoms with E-state index in [1.165, 1.54) is 6.29 Å². The van der Waals surface area contributed by atoms with Crippen molar-refractivity contribution in [1.82, 2.24) is 0 Å². The van der Waals surface area contributed by atoms with Gasteiger partial charge < -0.3 is 4.74 Å². The molecule has 3 nitrogen and oxygen atoms in total. The van der Waals surface area contributed by atoms with Crippen LogP contribution in [-0.4, -0.2) is 18.9 Å². The van der Waals surface area contributed by atoms with Gasteiger partial charge in [0.2, 0.25) is 6.29 Å². The van der Waals surface area contributed by atoms with Crippen LogP contribution in [-0.2, 0) is 14.3 Å². The number of rotatable bonds is 3. The van der Waals surface area contributed by atoms with Gasteiger partial charge in [0.05, 0.1) is 6.61 Å². The summed E-state index contributed by atoms with van der Waals surface area (Å²) in [7, 11) is 0. The Morgan fingerprint density at radius 3 is 2.89 bits per heavy atom. The molecule has 9 heavy (non-hydrogen) atoms. The predicted molar refractivity (Wildman–Crippen MR) is 31.5 cm³/mol. The number of hydrogen-bond donors (Lipinski definition) is 0. The van der Waals surface area contributed by atoms with Gasteiger partial charge in [0, 0.05) is 6.08 Å². The molecule has 0 saturated carbocycles. The van der Waals surface area contributed by atoms with Crippen LogP contribution >= 0.6 is 0 Å². The molecule has 0 spiro atoms. The molecular formula is C6H7O3. The molecule has 0 saturated heterocycles. The van der Waals surface area contributed by atoms with E-state index in [-0.39, 0.29) is 0 Å². The number of carbonyl (C=O) groups excluding carboxylic acids is 2. The summed E-state index contributed by atoms with van der Waals surface area (Å²) in [5, 5.41) is 0. The van der Waals surface area contributed by atoms with E-state index < -0.39 is 5.97 Å². The summed E-state index contributed by atoms with van der Waals surface area (Å²) >= 11 is 0. The van der Waals surface area contributed by atoms with Crippen LogP contribution in [0, 0.1) is 0 Å². The van der Waals surface area contributed by atoms with E-state index in [4.69, 9.17) is 0 Å². The molecule has 0 aromatic rings. The van der Waals surface area contributed by atoms with Crippen molar-refractivity contribution in [2.45, 2.75) is 6.92 Å². The topological polar surface area (TPSA) is 43.4 Å². The van der Waals surface area contributed by atoms with Gasteiger partial charge in [-0.2, -0.15) is 0 Å². The molecule has 0 aromatic carbocycles. The standard InChI is InChI=1S/C6H7O3/c1-2-9-6(8)4-3-5-7/h3-4H,2H2,1H3/b4-3+. The maximum atomic E-state index is 10.3. The van der Waals surface area contributed by atoms with Gasteiger partial charge in [-0.05, 0) is 13.0 Å². The lowest BCUT2D eigenvalue weighted by Gasteiger charge is -1.91. The van der Waals surface area contributed by atoms with Crippen molar-refractivity contribution in [2.24, 2.45) is 0 Å². The van der Waals surface area contributed by atoms with Crippen LogP contribution in [0.2, 0.25) is 0 Å². The highest BCUT2D eigenvalue weighted by molar-refractivity contribution is 5.86. The van der Waals surface area contributed by atoms with Crippen LogP contribution in [0.25, 0.3) is 0 Å². The Labute approximate surface area is 53.3 Å². The summed E-state index contributed by atoms with van der Waals surface area (Å²) in [5.41, 5.74) is 0. The smallest absolute Gasteiger partial charge is 0.330 e. The highest BCUT2D eigenvalue weighted by Gasteiger charge is 1.89. The van der Waals surface area contributed by atoms with Crippen LogP contribution in [0.4, 0.5) is 0 Å². The molecule has 0 aliphatic heterocycles. The van der Waals surface area contributed by atoms with E-state index in [9.17, 15) is 9.59 Å². The summed E-state index contributed by atoms with van der Waals surface area (Å²) in [4.78, 5) is 19.8. The quantitative estimate of drug-likeness (QED) is 0.402. The summed E-state index contributed by atoms with van der Waals surface area (Å²) in [6, 6.07) is 0. The third-order valence-corrected chi connectivity index (χ3v) is 0.574. The SMILES string of the molecule is CCOC(=O)/C=C/[C]=O. The van der Waals surface area contributed by atoms with Gasteiger partial charge >= 0.3 is 5.97 Å². The first-order valence-electron chi connectivity index (χ1n) is 2.52. The molecule has 0 aliphatic carbocycles. The minimum absolute atomic E-state index is 0.321. The molecule has 0 aliphatic rings. The van der Waals surface area contributed by atoms with Crippen molar-refractivity contribution in [3.8, 4) is 0 Å². The van der Waals surface area contributed by atoms with Crippen LogP contribution in [0.1, 0.15) is 6.92 Å². The van der Waals surface area contributed by atoms with E-state index in [2.05, 4.69) is 4.74 Å². The predicted octanol–water partition coefficient (Wildman–Crippen LogP) is 0.215. The Bertz CT molecular complexity index is 126. The highest BCUT2D eigenvalue weighted by atomic mass is 16.5. The largest absolute Gasteiger partial charge is 0.463 e. The summed E-state index contributed by atoms with van der Waals surface area (Å²) in [6.07, 6.45) is 3.42. The van der Waals surface area contributed by atoms with Crippen molar-refractivity contribution in [2.75, 3.05) is 6.61 Å². The van der Waals surface area contributed by atoms with Crippen molar-refractivity contribution in [1.29, 1.82) is 0 Å². The van der Waals surface area contributed by atoms with Crippen molar-refractivity contribution in [3.05, 3.63) is 12.2 Å². The first-order chi connectivity index (χ1) is 4.31. The van der Waals surface area contributed by atoms with Crippen LogP contribution in [0.15, 0.2) is 12.2 Å². The molecule has 0 bridgehead atoms. The van der Waals surface area contributed by atoms with Crippen molar-refractivity contribution >= 4 is 12.3 Å². The van der Waals surface area contributed by atoms with Crippen molar-refractivity contribution in [3.63, 3.8) is 0 Å². The number of hydrogen-bond acceptors (Lipinski definition) is 3. The maximum Gasteiger partial charge on any atom is 0.330 e. The first-order valence-corrected chi connectivity index (χ1v) is 2.52. The molecule has 0 rings (SSSR count). The number of esters is 1. The first kappa shape index (κ1) is 7.88. The Balaban J connectivity index is 3.49. The van der Waals surface area contributed by atoms with Gasteiger partial charge in [0.1, 0.15) is 0 Å².